The summed E-state index contributed by atoms with van der Waals surface area (Å²) in [7, 11) is 0. The van der Waals surface area contributed by atoms with E-state index < -0.39 is 46.5 Å². The number of amides is 2. The van der Waals surface area contributed by atoms with E-state index in [0.29, 0.717) is 11.1 Å². The van der Waals surface area contributed by atoms with E-state index in [2.05, 4.69) is 6.58 Å². The Morgan fingerprint density at radius 1 is 1.00 bits per heavy atom. The lowest BCUT2D eigenvalue weighted by molar-refractivity contribution is -0.205. The second-order valence-corrected chi connectivity index (χ2v) is 14.6. The minimum absolute atomic E-state index is 0.00929. The lowest BCUT2D eigenvalue weighted by Crippen LogP contribution is -2.65. The molecule has 2 aliphatic heterocycles. The minimum Gasteiger partial charge on any atom is -0.456 e. The zero-order valence-corrected chi connectivity index (χ0v) is 27.1. The zero-order valence-electron chi connectivity index (χ0n) is 27.1. The Morgan fingerprint density at radius 3 is 2.21 bits per heavy atom. The van der Waals surface area contributed by atoms with Crippen molar-refractivity contribution in [1.82, 2.24) is 9.80 Å². The summed E-state index contributed by atoms with van der Waals surface area (Å²) < 4.78 is 86.0. The summed E-state index contributed by atoms with van der Waals surface area (Å²) in [6.07, 6.45) is -4.35. The molecule has 2 amide bonds. The van der Waals surface area contributed by atoms with Crippen LogP contribution >= 0.6 is 0 Å². The summed E-state index contributed by atoms with van der Waals surface area (Å²) in [5.41, 5.74) is -2.37. The van der Waals surface area contributed by atoms with Gasteiger partial charge in [0.15, 0.2) is 0 Å². The van der Waals surface area contributed by atoms with E-state index in [1.54, 1.807) is 39.0 Å². The Balaban J connectivity index is 1.32. The van der Waals surface area contributed by atoms with E-state index in [1.165, 1.54) is 15.9 Å². The van der Waals surface area contributed by atoms with Crippen LogP contribution < -0.4 is 0 Å². The van der Waals surface area contributed by atoms with E-state index in [0.717, 1.165) is 0 Å². The predicted octanol–water partition coefficient (Wildman–Crippen LogP) is 6.88. The molecule has 4 fully saturated rings. The molecule has 4 aliphatic rings. The fraction of sp³-hybridized carbons (Fsp3) is 0.676. The third-order valence-electron chi connectivity index (χ3n) is 9.92. The molecule has 0 aromatic heterocycles. The van der Waals surface area contributed by atoms with Gasteiger partial charge in [-0.1, -0.05) is 30.9 Å². The Kier molecular flexibility index (Phi) is 9.46. The van der Waals surface area contributed by atoms with Crippen LogP contribution in [0.25, 0.3) is 0 Å². The first-order chi connectivity index (χ1) is 21.9. The van der Waals surface area contributed by atoms with Gasteiger partial charge >= 0.3 is 18.2 Å². The number of carbonyl (C=O) groups excluding carboxylic acids is 3. The molecule has 1 aromatic carbocycles. The Hall–Kier alpha value is -3.22. The maximum absolute atomic E-state index is 14.0. The van der Waals surface area contributed by atoms with Gasteiger partial charge in [-0.05, 0) is 63.5 Å². The molecule has 0 radical (unpaired) electrons. The van der Waals surface area contributed by atoms with Crippen molar-refractivity contribution < 1.29 is 50.5 Å². The third-order valence-corrected chi connectivity index (χ3v) is 9.92. The highest BCUT2D eigenvalue weighted by molar-refractivity contribution is 5.93. The van der Waals surface area contributed by atoms with Crippen molar-refractivity contribution in [3.8, 4) is 0 Å². The number of benzene rings is 1. The largest absolute Gasteiger partial charge is 0.456 e. The zero-order chi connectivity index (χ0) is 34.4. The van der Waals surface area contributed by atoms with Gasteiger partial charge < -0.3 is 24.0 Å². The van der Waals surface area contributed by atoms with Gasteiger partial charge in [-0.15, -0.1) is 0 Å². The van der Waals surface area contributed by atoms with Gasteiger partial charge in [-0.25, -0.2) is 18.4 Å². The van der Waals surface area contributed by atoms with E-state index >= 15 is 0 Å². The first kappa shape index (κ1) is 35.1. The van der Waals surface area contributed by atoms with E-state index in [-0.39, 0.29) is 102 Å². The fourth-order valence-electron chi connectivity index (χ4n) is 7.21. The monoisotopic (exact) mass is 670 g/mol. The summed E-state index contributed by atoms with van der Waals surface area (Å²) in [6, 6.07) is 5.25. The van der Waals surface area contributed by atoms with Crippen molar-refractivity contribution in [3.63, 3.8) is 0 Å². The number of nitrogens with zero attached hydrogens (tertiary/aromatic N) is 2. The van der Waals surface area contributed by atoms with Gasteiger partial charge in [0, 0.05) is 50.4 Å². The van der Waals surface area contributed by atoms with Crippen LogP contribution in [0, 0.1) is 16.7 Å². The van der Waals surface area contributed by atoms with E-state index in [1.807, 2.05) is 0 Å². The number of esters is 1. The maximum atomic E-state index is 14.0. The average Bonchev–Trinajstić information content (AvgIpc) is 3.70. The van der Waals surface area contributed by atoms with E-state index in [4.69, 9.17) is 14.2 Å². The minimum atomic E-state index is -4.62. The van der Waals surface area contributed by atoms with Gasteiger partial charge in [0.1, 0.15) is 17.6 Å². The van der Waals surface area contributed by atoms with Crippen LogP contribution in [0.5, 0.6) is 0 Å². The van der Waals surface area contributed by atoms with Crippen molar-refractivity contribution in [2.45, 2.75) is 89.5 Å². The van der Waals surface area contributed by atoms with Gasteiger partial charge in [0.05, 0.1) is 18.8 Å². The highest BCUT2D eigenvalue weighted by Crippen LogP contribution is 2.60. The molecule has 2 saturated heterocycles. The predicted molar refractivity (Wildman–Crippen MR) is 161 cm³/mol. The van der Waals surface area contributed by atoms with Crippen molar-refractivity contribution in [2.75, 3.05) is 39.4 Å². The number of halogens is 5. The highest BCUT2D eigenvalue weighted by Gasteiger charge is 2.71. The molecule has 47 heavy (non-hydrogen) atoms. The molecular formula is C34H43F5N2O6. The smallest absolute Gasteiger partial charge is 0.410 e. The molecule has 1 unspecified atom stereocenters. The van der Waals surface area contributed by atoms with Crippen LogP contribution in [-0.4, -0.2) is 84.9 Å². The van der Waals surface area contributed by atoms with Crippen LogP contribution in [0.2, 0.25) is 0 Å². The number of alkyl halides is 5. The molecule has 2 saturated carbocycles. The number of hydrogen-bond acceptors (Lipinski definition) is 6. The lowest BCUT2D eigenvalue weighted by Gasteiger charge is -2.51. The number of hydrogen-bond donors (Lipinski definition) is 0. The standard InChI is InChI=1S/C34H43F5N2O6/c1-5-15-46-29(44)40-16-24(31(19-40)20-41(21-31)28(43)32(13-14-32)34(37,38)39)18-45-17-23-7-6-8-25(22-9-11-33(35,36)12-10-22)26(23)27(42)47-30(2,3)4/h5-8,22,24H,1,9-21H2,2-4H3. The molecule has 1 spiro atoms. The molecule has 1 aromatic rings. The highest BCUT2D eigenvalue weighted by atomic mass is 19.4. The van der Waals surface area contributed by atoms with Gasteiger partial charge in [0.25, 0.3) is 0 Å². The second kappa shape index (κ2) is 12.7. The summed E-state index contributed by atoms with van der Waals surface area (Å²) in [6.45, 7) is 9.30. The molecule has 2 heterocycles. The molecule has 2 aliphatic carbocycles. The van der Waals surface area contributed by atoms with Crippen molar-refractivity contribution >= 4 is 18.0 Å². The number of likely N-dealkylation sites (tertiary alicyclic amines) is 2. The van der Waals surface area contributed by atoms with Crippen LogP contribution in [-0.2, 0) is 25.6 Å². The van der Waals surface area contributed by atoms with Gasteiger partial charge in [-0.3, -0.25) is 4.79 Å². The molecule has 0 N–H and O–H groups in total. The topological polar surface area (TPSA) is 85.4 Å². The molecule has 13 heteroatoms. The van der Waals surface area contributed by atoms with Gasteiger partial charge in [-0.2, -0.15) is 13.2 Å². The normalized spacial score (nSPS) is 23.3. The molecule has 260 valence electrons. The summed E-state index contributed by atoms with van der Waals surface area (Å²) >= 11 is 0. The number of carbonyl (C=O) groups is 3. The Bertz CT molecular complexity index is 1370. The maximum Gasteiger partial charge on any atom is 0.410 e. The third kappa shape index (κ3) is 7.29. The van der Waals surface area contributed by atoms with Crippen molar-refractivity contribution in [3.05, 3.63) is 47.5 Å². The van der Waals surface area contributed by atoms with Crippen LogP contribution in [0.15, 0.2) is 30.9 Å². The molecule has 8 nitrogen and oxygen atoms in total. The fourth-order valence-corrected chi connectivity index (χ4v) is 7.21. The molecule has 5 rings (SSSR count). The van der Waals surface area contributed by atoms with Crippen LogP contribution in [0.4, 0.5) is 26.7 Å². The lowest BCUT2D eigenvalue weighted by atomic mass is 9.71. The van der Waals surface area contributed by atoms with Crippen molar-refractivity contribution in [1.29, 1.82) is 0 Å². The Morgan fingerprint density at radius 2 is 1.64 bits per heavy atom. The van der Waals surface area contributed by atoms with Crippen LogP contribution in [0.3, 0.4) is 0 Å². The SMILES string of the molecule is C=CCOC(=O)N1CC(COCc2cccc(C3CCC(F)(F)CC3)c2C(=O)OC(C)(C)C)C2(C1)CN(C(=O)C1(C(F)(F)F)CC1)C2. The quantitative estimate of drug-likeness (QED) is 0.162. The molecular weight excluding hydrogens is 627 g/mol. The van der Waals surface area contributed by atoms with Crippen molar-refractivity contribution in [2.24, 2.45) is 16.7 Å². The average molecular weight is 671 g/mol. The summed E-state index contributed by atoms with van der Waals surface area (Å²) in [4.78, 5) is 41.9. The number of rotatable bonds is 9. The molecule has 0 bridgehead atoms. The Labute approximate surface area is 271 Å². The first-order valence-electron chi connectivity index (χ1n) is 16.1. The first-order valence-corrected chi connectivity index (χ1v) is 16.1. The van der Waals surface area contributed by atoms with E-state index in [9.17, 15) is 36.3 Å². The van der Waals surface area contributed by atoms with Crippen LogP contribution in [0.1, 0.15) is 86.7 Å². The van der Waals surface area contributed by atoms with Gasteiger partial charge in [0.2, 0.25) is 11.8 Å². The summed E-state index contributed by atoms with van der Waals surface area (Å²) in [5, 5.41) is 0. The number of ether oxygens (including phenoxy) is 3. The molecule has 1 atom stereocenters. The summed E-state index contributed by atoms with van der Waals surface area (Å²) in [5.74, 6) is -4.83. The second-order valence-electron chi connectivity index (χ2n) is 14.6.